The SMILES string of the molecule is Cc1cc(C(=O)N2CCC(Br)CC2)ccc1[N+](=O)[O-]. The minimum Gasteiger partial charge on any atom is -0.339 e. The first-order valence-corrected chi connectivity index (χ1v) is 7.09. The van der Waals surface area contributed by atoms with Crippen molar-refractivity contribution >= 4 is 27.5 Å². The number of hydrogen-bond acceptors (Lipinski definition) is 3. The maximum absolute atomic E-state index is 12.3. The summed E-state index contributed by atoms with van der Waals surface area (Å²) >= 11 is 3.55. The molecule has 0 aliphatic carbocycles. The molecular weight excluding hydrogens is 312 g/mol. The third-order valence-corrected chi connectivity index (χ3v) is 4.27. The molecule has 0 N–H and O–H groups in total. The average Bonchev–Trinajstić information content (AvgIpc) is 2.38. The first-order valence-electron chi connectivity index (χ1n) is 6.17. The van der Waals surface area contributed by atoms with E-state index in [9.17, 15) is 14.9 Å². The van der Waals surface area contributed by atoms with Crippen LogP contribution in [0.5, 0.6) is 0 Å². The highest BCUT2D eigenvalue weighted by molar-refractivity contribution is 9.09. The van der Waals surface area contributed by atoms with Crippen molar-refractivity contribution in [2.24, 2.45) is 0 Å². The number of alkyl halides is 1. The Kier molecular flexibility index (Phi) is 4.19. The van der Waals surface area contributed by atoms with Gasteiger partial charge in [0.15, 0.2) is 0 Å². The lowest BCUT2D eigenvalue weighted by molar-refractivity contribution is -0.385. The molecule has 0 saturated carbocycles. The van der Waals surface area contributed by atoms with Gasteiger partial charge in [-0.2, -0.15) is 0 Å². The molecule has 19 heavy (non-hydrogen) atoms. The van der Waals surface area contributed by atoms with Gasteiger partial charge in [-0.05, 0) is 31.9 Å². The second kappa shape index (κ2) is 5.69. The molecule has 1 aliphatic rings. The maximum atomic E-state index is 12.3. The topological polar surface area (TPSA) is 63.5 Å². The highest BCUT2D eigenvalue weighted by Gasteiger charge is 2.23. The van der Waals surface area contributed by atoms with Crippen LogP contribution in [0.3, 0.4) is 0 Å². The maximum Gasteiger partial charge on any atom is 0.272 e. The monoisotopic (exact) mass is 326 g/mol. The van der Waals surface area contributed by atoms with Crippen LogP contribution < -0.4 is 0 Å². The number of nitro benzene ring substituents is 1. The molecule has 2 rings (SSSR count). The Morgan fingerprint density at radius 2 is 2.05 bits per heavy atom. The number of amides is 1. The van der Waals surface area contributed by atoms with E-state index in [4.69, 9.17) is 0 Å². The summed E-state index contributed by atoms with van der Waals surface area (Å²) in [6, 6.07) is 4.54. The predicted molar refractivity (Wildman–Crippen MR) is 75.7 cm³/mol. The van der Waals surface area contributed by atoms with Crippen LogP contribution in [-0.2, 0) is 0 Å². The zero-order valence-corrected chi connectivity index (χ0v) is 12.2. The Morgan fingerprint density at radius 1 is 1.42 bits per heavy atom. The molecule has 1 heterocycles. The lowest BCUT2D eigenvalue weighted by Crippen LogP contribution is -2.38. The van der Waals surface area contributed by atoms with E-state index in [2.05, 4.69) is 15.9 Å². The number of hydrogen-bond donors (Lipinski definition) is 0. The highest BCUT2D eigenvalue weighted by Crippen LogP contribution is 2.22. The van der Waals surface area contributed by atoms with Crippen molar-refractivity contribution in [3.63, 3.8) is 0 Å². The molecule has 0 radical (unpaired) electrons. The highest BCUT2D eigenvalue weighted by atomic mass is 79.9. The van der Waals surface area contributed by atoms with Gasteiger partial charge in [0.25, 0.3) is 11.6 Å². The van der Waals surface area contributed by atoms with Crippen molar-refractivity contribution in [1.29, 1.82) is 0 Å². The van der Waals surface area contributed by atoms with Gasteiger partial charge in [-0.15, -0.1) is 0 Å². The molecule has 0 spiro atoms. The Morgan fingerprint density at radius 3 is 2.58 bits per heavy atom. The quantitative estimate of drug-likeness (QED) is 0.477. The van der Waals surface area contributed by atoms with Crippen molar-refractivity contribution in [1.82, 2.24) is 4.90 Å². The first-order chi connectivity index (χ1) is 8.99. The molecule has 1 aromatic rings. The summed E-state index contributed by atoms with van der Waals surface area (Å²) in [5.41, 5.74) is 1.10. The third kappa shape index (κ3) is 3.12. The van der Waals surface area contributed by atoms with Crippen molar-refractivity contribution in [3.05, 3.63) is 39.4 Å². The number of piperidine rings is 1. The number of likely N-dealkylation sites (tertiary alicyclic amines) is 1. The standard InChI is InChI=1S/C13H15BrN2O3/c1-9-8-10(2-3-12(9)16(18)19)13(17)15-6-4-11(14)5-7-15/h2-3,8,11H,4-7H2,1H3. The van der Waals surface area contributed by atoms with Gasteiger partial charge in [-0.3, -0.25) is 14.9 Å². The normalized spacial score (nSPS) is 16.4. The van der Waals surface area contributed by atoms with Crippen LogP contribution in [0, 0.1) is 17.0 Å². The van der Waals surface area contributed by atoms with Gasteiger partial charge in [0.05, 0.1) is 4.92 Å². The fraction of sp³-hybridized carbons (Fsp3) is 0.462. The summed E-state index contributed by atoms with van der Waals surface area (Å²) < 4.78 is 0. The second-order valence-electron chi connectivity index (χ2n) is 4.73. The minimum atomic E-state index is -0.431. The van der Waals surface area contributed by atoms with Crippen molar-refractivity contribution in [2.75, 3.05) is 13.1 Å². The number of nitro groups is 1. The summed E-state index contributed by atoms with van der Waals surface area (Å²) in [5, 5.41) is 10.7. The van der Waals surface area contributed by atoms with Crippen molar-refractivity contribution < 1.29 is 9.72 Å². The van der Waals surface area contributed by atoms with Gasteiger partial charge < -0.3 is 4.90 Å². The molecule has 0 bridgehead atoms. The molecule has 6 heteroatoms. The van der Waals surface area contributed by atoms with Crippen LogP contribution in [0.15, 0.2) is 18.2 Å². The molecule has 1 aromatic carbocycles. The van der Waals surface area contributed by atoms with Crippen LogP contribution >= 0.6 is 15.9 Å². The molecule has 1 fully saturated rings. The molecule has 1 amide bonds. The molecule has 5 nitrogen and oxygen atoms in total. The first kappa shape index (κ1) is 14.0. The largest absolute Gasteiger partial charge is 0.339 e. The lowest BCUT2D eigenvalue weighted by Gasteiger charge is -2.29. The zero-order valence-electron chi connectivity index (χ0n) is 10.6. The van der Waals surface area contributed by atoms with Crippen molar-refractivity contribution in [3.8, 4) is 0 Å². The number of nitrogens with zero attached hydrogens (tertiary/aromatic N) is 2. The van der Waals surface area contributed by atoms with Crippen molar-refractivity contribution in [2.45, 2.75) is 24.6 Å². The lowest BCUT2D eigenvalue weighted by atomic mass is 10.1. The van der Waals surface area contributed by atoms with Gasteiger partial charge in [0.1, 0.15) is 0 Å². The average molecular weight is 327 g/mol. The van der Waals surface area contributed by atoms with Crippen LogP contribution in [0.1, 0.15) is 28.8 Å². The fourth-order valence-corrected chi connectivity index (χ4v) is 2.64. The van der Waals surface area contributed by atoms with E-state index >= 15 is 0 Å². The van der Waals surface area contributed by atoms with Gasteiger partial charge in [0, 0.05) is 35.1 Å². The van der Waals surface area contributed by atoms with E-state index in [1.54, 1.807) is 17.9 Å². The summed E-state index contributed by atoms with van der Waals surface area (Å²) in [6.07, 6.45) is 1.88. The fourth-order valence-electron chi connectivity index (χ4n) is 2.23. The zero-order chi connectivity index (χ0) is 14.0. The number of carbonyl (C=O) groups excluding carboxylic acids is 1. The Hall–Kier alpha value is -1.43. The molecule has 0 unspecified atom stereocenters. The Labute approximate surface area is 119 Å². The number of benzene rings is 1. The minimum absolute atomic E-state index is 0.0441. The molecule has 102 valence electrons. The number of carbonyl (C=O) groups is 1. The summed E-state index contributed by atoms with van der Waals surface area (Å²) in [5.74, 6) is -0.0441. The molecule has 1 aliphatic heterocycles. The number of rotatable bonds is 2. The summed E-state index contributed by atoms with van der Waals surface area (Å²) in [7, 11) is 0. The molecule has 0 aromatic heterocycles. The van der Waals surface area contributed by atoms with Gasteiger partial charge >= 0.3 is 0 Å². The van der Waals surface area contributed by atoms with Gasteiger partial charge in [0.2, 0.25) is 0 Å². The van der Waals surface area contributed by atoms with Gasteiger partial charge in [-0.1, -0.05) is 15.9 Å². The van der Waals surface area contributed by atoms with Crippen LogP contribution in [0.2, 0.25) is 0 Å². The summed E-state index contributed by atoms with van der Waals surface area (Å²) in [6.45, 7) is 3.11. The smallest absolute Gasteiger partial charge is 0.272 e. The number of aryl methyl sites for hydroxylation is 1. The predicted octanol–water partition coefficient (Wildman–Crippen LogP) is 2.90. The van der Waals surface area contributed by atoms with E-state index in [1.165, 1.54) is 12.1 Å². The van der Waals surface area contributed by atoms with E-state index < -0.39 is 4.92 Å². The van der Waals surface area contributed by atoms with E-state index in [-0.39, 0.29) is 11.6 Å². The van der Waals surface area contributed by atoms with Crippen LogP contribution in [-0.4, -0.2) is 33.6 Å². The summed E-state index contributed by atoms with van der Waals surface area (Å²) in [4.78, 5) is 24.9. The molecule has 0 atom stereocenters. The Balaban J connectivity index is 2.16. The molecule has 1 saturated heterocycles. The van der Waals surface area contributed by atoms with E-state index in [1.807, 2.05) is 0 Å². The second-order valence-corrected chi connectivity index (χ2v) is 6.02. The Bertz CT molecular complexity index is 511. The third-order valence-electron chi connectivity index (χ3n) is 3.35. The van der Waals surface area contributed by atoms with Crippen LogP contribution in [0.4, 0.5) is 5.69 Å². The van der Waals surface area contributed by atoms with E-state index in [0.717, 1.165) is 25.9 Å². The number of halogens is 1. The van der Waals surface area contributed by atoms with Gasteiger partial charge in [-0.25, -0.2) is 0 Å². The van der Waals surface area contributed by atoms with Crippen LogP contribution in [0.25, 0.3) is 0 Å². The van der Waals surface area contributed by atoms with E-state index in [0.29, 0.717) is 16.0 Å². The molecular formula is C13H15BrN2O3.